The van der Waals surface area contributed by atoms with E-state index in [1.165, 1.54) is 275 Å². The number of rotatable bonds is 57. The van der Waals surface area contributed by atoms with Crippen LogP contribution in [0.1, 0.15) is 339 Å². The normalized spacial score (nSPS) is 11.6. The summed E-state index contributed by atoms with van der Waals surface area (Å²) < 4.78 is 20.0. The fraction of sp³-hybridized carbons (Fsp3) is 0.783. The van der Waals surface area contributed by atoms with E-state index in [9.17, 15) is 4.79 Å². The Bertz CT molecular complexity index is 1480. The zero-order valence-corrected chi connectivity index (χ0v) is 50.3. The molecule has 74 heavy (non-hydrogen) atoms. The van der Waals surface area contributed by atoms with Crippen molar-refractivity contribution in [1.82, 2.24) is 0 Å². The zero-order chi connectivity index (χ0) is 52.9. The van der Waals surface area contributed by atoms with Gasteiger partial charge in [-0.25, -0.2) is 0 Å². The van der Waals surface area contributed by atoms with Crippen molar-refractivity contribution in [2.75, 3.05) is 25.6 Å². The van der Waals surface area contributed by atoms with Gasteiger partial charge in [-0.05, 0) is 79.5 Å². The number of benzene rings is 2. The molecule has 0 aliphatic rings. The molecular weight excluding hydrogens is 925 g/mol. The van der Waals surface area contributed by atoms with Crippen LogP contribution in [0, 0.1) is 0 Å². The first-order chi connectivity index (χ1) is 36.6. The van der Waals surface area contributed by atoms with Crippen molar-refractivity contribution in [3.63, 3.8) is 0 Å². The van der Waals surface area contributed by atoms with Crippen LogP contribution in [0.2, 0.25) is 0 Å². The van der Waals surface area contributed by atoms with Crippen molar-refractivity contribution < 1.29 is 19.0 Å². The number of carbonyl (C=O) groups is 1. The number of thioether (sulfide) groups is 1. The summed E-state index contributed by atoms with van der Waals surface area (Å²) >= 11 is 1.84. The third-order valence-electron chi connectivity index (χ3n) is 15.1. The van der Waals surface area contributed by atoms with Crippen molar-refractivity contribution >= 4 is 23.6 Å². The summed E-state index contributed by atoms with van der Waals surface area (Å²) in [6, 6.07) is 12.2. The average Bonchev–Trinajstić information content (AvgIpc) is 3.41. The molecule has 0 fully saturated rings. The van der Waals surface area contributed by atoms with E-state index in [4.69, 9.17) is 14.2 Å². The lowest BCUT2D eigenvalue weighted by atomic mass is 10.0. The number of unbranched alkanes of at least 4 members (excludes halogenated alkanes) is 42. The Balaban J connectivity index is 2.00. The van der Waals surface area contributed by atoms with Gasteiger partial charge in [-0.1, -0.05) is 303 Å². The predicted molar refractivity (Wildman–Crippen MR) is 329 cm³/mol. The van der Waals surface area contributed by atoms with E-state index in [1.807, 2.05) is 30.0 Å². The van der Waals surface area contributed by atoms with Gasteiger partial charge in [-0.15, -0.1) is 11.8 Å². The Hall–Kier alpha value is -2.40. The first-order valence-corrected chi connectivity index (χ1v) is 33.6. The van der Waals surface area contributed by atoms with Gasteiger partial charge < -0.3 is 14.2 Å². The minimum absolute atomic E-state index is 0.00563. The Labute approximate surface area is 464 Å². The van der Waals surface area contributed by atoms with E-state index in [2.05, 4.69) is 52.0 Å². The molecule has 0 heterocycles. The van der Waals surface area contributed by atoms with E-state index >= 15 is 0 Å². The molecule has 5 heteroatoms. The molecule has 0 aliphatic heterocycles. The number of hydrogen-bond acceptors (Lipinski definition) is 5. The quantitative estimate of drug-likeness (QED) is 0.0286. The molecule has 0 unspecified atom stereocenters. The van der Waals surface area contributed by atoms with Crippen molar-refractivity contribution in [3.8, 4) is 17.2 Å². The second-order valence-electron chi connectivity index (χ2n) is 22.3. The maximum absolute atomic E-state index is 13.5. The molecule has 2 aromatic rings. The largest absolute Gasteiger partial charge is 0.490 e. The topological polar surface area (TPSA) is 44.8 Å². The lowest BCUT2D eigenvalue weighted by Crippen LogP contribution is -2.07. The second-order valence-corrected chi connectivity index (χ2v) is 23.5. The van der Waals surface area contributed by atoms with E-state index in [0.717, 1.165) is 54.2 Å². The van der Waals surface area contributed by atoms with E-state index < -0.39 is 0 Å². The highest BCUT2D eigenvalue weighted by atomic mass is 32.2. The van der Waals surface area contributed by atoms with Crippen LogP contribution in [0.15, 0.2) is 47.4 Å². The average molecular weight is 1050 g/mol. The van der Waals surface area contributed by atoms with E-state index in [-0.39, 0.29) is 5.78 Å². The summed E-state index contributed by atoms with van der Waals surface area (Å²) in [6.45, 7) is 11.1. The van der Waals surface area contributed by atoms with Gasteiger partial charge in [0.1, 0.15) is 0 Å². The van der Waals surface area contributed by atoms with Crippen LogP contribution < -0.4 is 14.2 Å². The summed E-state index contributed by atoms with van der Waals surface area (Å²) in [5.41, 5.74) is 1.62. The van der Waals surface area contributed by atoms with Gasteiger partial charge in [-0.3, -0.25) is 4.79 Å². The lowest BCUT2D eigenvalue weighted by Gasteiger charge is -2.18. The van der Waals surface area contributed by atoms with Gasteiger partial charge in [0.25, 0.3) is 0 Å². The van der Waals surface area contributed by atoms with Gasteiger partial charge >= 0.3 is 0 Å². The molecule has 0 bridgehead atoms. The van der Waals surface area contributed by atoms with E-state index in [1.54, 1.807) is 6.08 Å². The van der Waals surface area contributed by atoms with Crippen molar-refractivity contribution in [3.05, 3.63) is 53.6 Å². The molecular formula is C69H120O4S. The Morgan fingerprint density at radius 3 is 0.946 bits per heavy atom. The minimum atomic E-state index is 0.00563. The fourth-order valence-electron chi connectivity index (χ4n) is 10.2. The smallest absolute Gasteiger partial charge is 0.203 e. The number of hydrogen-bond donors (Lipinski definition) is 0. The third kappa shape index (κ3) is 39.9. The predicted octanol–water partition coefficient (Wildman–Crippen LogP) is 23.8. The highest BCUT2D eigenvalue weighted by Gasteiger charge is 2.16. The van der Waals surface area contributed by atoms with Crippen LogP contribution in [0.4, 0.5) is 0 Å². The van der Waals surface area contributed by atoms with Gasteiger partial charge in [-0.2, -0.15) is 0 Å². The van der Waals surface area contributed by atoms with Gasteiger partial charge in [0.2, 0.25) is 5.75 Å². The van der Waals surface area contributed by atoms with Crippen molar-refractivity contribution in [2.24, 2.45) is 0 Å². The summed E-state index contributed by atoms with van der Waals surface area (Å²) in [5.74, 6) is 3.32. The molecule has 0 N–H and O–H groups in total. The number of carbonyl (C=O) groups excluding carboxylic acids is 1. The van der Waals surface area contributed by atoms with Gasteiger partial charge in [0.05, 0.1) is 19.8 Å². The van der Waals surface area contributed by atoms with Crippen molar-refractivity contribution in [2.45, 2.75) is 328 Å². The van der Waals surface area contributed by atoms with E-state index in [0.29, 0.717) is 25.4 Å². The lowest BCUT2D eigenvalue weighted by molar-refractivity contribution is 0.104. The molecule has 0 aromatic heterocycles. The minimum Gasteiger partial charge on any atom is -0.490 e. The first-order valence-electron chi connectivity index (χ1n) is 32.6. The maximum Gasteiger partial charge on any atom is 0.203 e. The third-order valence-corrected chi connectivity index (χ3v) is 16.3. The number of ketones is 1. The number of allylic oxidation sites excluding steroid dienone is 1. The summed E-state index contributed by atoms with van der Waals surface area (Å²) in [7, 11) is 0. The molecule has 426 valence electrons. The van der Waals surface area contributed by atoms with Gasteiger partial charge in [0.15, 0.2) is 17.3 Å². The summed E-state index contributed by atoms with van der Waals surface area (Å²) in [6.07, 6.45) is 65.3. The van der Waals surface area contributed by atoms with Crippen LogP contribution in [-0.4, -0.2) is 31.4 Å². The Morgan fingerprint density at radius 2 is 0.649 bits per heavy atom. The SMILES string of the molecule is CCCCCCCCCCCCCCCCCOc1cc(/C=C/C(=O)c2ccc(SCCC)cc2)cc(OCCCCCCCCCCCCCCCCC)c1OCCCCCCCCCCCCCCCCC. The van der Waals surface area contributed by atoms with Crippen LogP contribution in [0.25, 0.3) is 6.08 Å². The second kappa shape index (κ2) is 52.6. The standard InChI is InChI=1S/C69H120O4S/c1-5-9-12-15-18-21-24-27-30-33-36-39-42-45-48-57-71-67-61-63(51-56-66(70)64-52-54-65(55-53-64)74-60-8-4)62-68(72-58-49-46-43-40-37-34-31-28-25-22-19-16-13-10-6-2)69(67)73-59-50-47-44-41-38-35-32-29-26-23-20-17-14-11-7-3/h51-56,61-62H,5-50,57-60H2,1-4H3/b56-51+. The van der Waals surface area contributed by atoms with Crippen LogP contribution in [-0.2, 0) is 0 Å². The molecule has 0 atom stereocenters. The fourth-order valence-corrected chi connectivity index (χ4v) is 11.0. The Morgan fingerprint density at radius 1 is 0.365 bits per heavy atom. The van der Waals surface area contributed by atoms with Gasteiger partial charge in [0, 0.05) is 10.5 Å². The highest BCUT2D eigenvalue weighted by molar-refractivity contribution is 7.99. The van der Waals surface area contributed by atoms with Crippen molar-refractivity contribution in [1.29, 1.82) is 0 Å². The molecule has 0 amide bonds. The maximum atomic E-state index is 13.5. The molecule has 0 spiro atoms. The summed E-state index contributed by atoms with van der Waals surface area (Å²) in [5, 5.41) is 0. The molecule has 0 radical (unpaired) electrons. The highest BCUT2D eigenvalue weighted by Crippen LogP contribution is 2.40. The first kappa shape index (κ1) is 67.7. The Kier molecular flexibility index (Phi) is 48.2. The molecule has 2 aromatic carbocycles. The van der Waals surface area contributed by atoms with Crippen LogP contribution >= 0.6 is 11.8 Å². The zero-order valence-electron chi connectivity index (χ0n) is 49.5. The molecule has 0 aliphatic carbocycles. The number of ether oxygens (including phenoxy) is 3. The molecule has 2 rings (SSSR count). The summed E-state index contributed by atoms with van der Waals surface area (Å²) in [4.78, 5) is 14.7. The van der Waals surface area contributed by atoms with Crippen LogP contribution in [0.3, 0.4) is 0 Å². The monoisotopic (exact) mass is 1040 g/mol. The molecule has 4 nitrogen and oxygen atoms in total. The van der Waals surface area contributed by atoms with Crippen LogP contribution in [0.5, 0.6) is 17.2 Å². The molecule has 0 saturated carbocycles. The molecule has 0 saturated heterocycles.